The molecule has 0 aromatic carbocycles. The van der Waals surface area contributed by atoms with Crippen molar-refractivity contribution in [1.29, 1.82) is 0 Å². The lowest BCUT2D eigenvalue weighted by molar-refractivity contribution is 0.149. The van der Waals surface area contributed by atoms with E-state index in [1.165, 1.54) is 14.7 Å². The molecule has 2 aromatic heterocycles. The number of aryl methyl sites for hydroxylation is 1. The Labute approximate surface area is 194 Å². The van der Waals surface area contributed by atoms with Crippen LogP contribution in [0.15, 0.2) is 21.2 Å². The van der Waals surface area contributed by atoms with Crippen LogP contribution in [0.3, 0.4) is 0 Å². The van der Waals surface area contributed by atoms with Crippen LogP contribution in [0.2, 0.25) is 0 Å². The highest BCUT2D eigenvalue weighted by Crippen LogP contribution is 2.23. The Morgan fingerprint density at radius 2 is 1.79 bits per heavy atom. The van der Waals surface area contributed by atoms with Gasteiger partial charge in [0.15, 0.2) is 11.2 Å². The third-order valence-corrected chi connectivity index (χ3v) is 6.87. The van der Waals surface area contributed by atoms with Gasteiger partial charge < -0.3 is 20.1 Å². The number of likely N-dealkylation sites (N-methyl/N-ethyl adjacent to an activating group) is 1. The van der Waals surface area contributed by atoms with E-state index in [1.54, 1.807) is 7.05 Å². The van der Waals surface area contributed by atoms with Gasteiger partial charge in [-0.1, -0.05) is 11.6 Å². The second kappa shape index (κ2) is 9.82. The van der Waals surface area contributed by atoms with Gasteiger partial charge in [0.1, 0.15) is 0 Å². The summed E-state index contributed by atoms with van der Waals surface area (Å²) in [5.41, 5.74) is 7.76. The molecule has 2 aromatic rings. The Kier molecular flexibility index (Phi) is 7.06. The van der Waals surface area contributed by atoms with Crippen molar-refractivity contribution in [3.8, 4) is 0 Å². The number of imidazole rings is 1. The van der Waals surface area contributed by atoms with Crippen molar-refractivity contribution < 1.29 is 0 Å². The van der Waals surface area contributed by atoms with E-state index in [1.807, 2.05) is 18.4 Å². The monoisotopic (exact) mass is 458 g/mol. The molecule has 0 amide bonds. The third-order valence-electron chi connectivity index (χ3n) is 6.87. The maximum Gasteiger partial charge on any atom is 0.332 e. The maximum atomic E-state index is 13.7. The largest absolute Gasteiger partial charge is 0.341 e. The smallest absolute Gasteiger partial charge is 0.332 e. The van der Waals surface area contributed by atoms with Crippen molar-refractivity contribution in [1.82, 2.24) is 28.5 Å². The molecule has 0 saturated carbocycles. The van der Waals surface area contributed by atoms with Crippen molar-refractivity contribution in [2.45, 2.75) is 45.8 Å². The number of aromatic nitrogens is 4. The fourth-order valence-corrected chi connectivity index (χ4v) is 4.75. The van der Waals surface area contributed by atoms with Crippen molar-refractivity contribution in [2.75, 3.05) is 57.8 Å². The van der Waals surface area contributed by atoms with Gasteiger partial charge >= 0.3 is 5.69 Å². The molecule has 2 saturated heterocycles. The van der Waals surface area contributed by atoms with E-state index in [9.17, 15) is 9.59 Å². The van der Waals surface area contributed by atoms with Crippen molar-refractivity contribution >= 4 is 17.1 Å². The Morgan fingerprint density at radius 3 is 2.45 bits per heavy atom. The molecule has 2 aliphatic rings. The molecule has 0 radical (unpaired) electrons. The first-order chi connectivity index (χ1) is 15.8. The number of hydrogen-bond donors (Lipinski definition) is 1. The van der Waals surface area contributed by atoms with Crippen LogP contribution in [0.1, 0.15) is 26.7 Å². The first kappa shape index (κ1) is 23.7. The SMILES string of the molecule is CC(C)=CCn1c(N2CCCC(N)C2)nc2c1c(=O)n(CCN1CCN(C)CC1)c(=O)n2C. The molecule has 182 valence electrons. The van der Waals surface area contributed by atoms with Gasteiger partial charge in [-0.3, -0.25) is 18.8 Å². The van der Waals surface area contributed by atoms with E-state index in [2.05, 4.69) is 27.8 Å². The zero-order valence-electron chi connectivity index (χ0n) is 20.5. The van der Waals surface area contributed by atoms with Crippen molar-refractivity contribution in [3.63, 3.8) is 0 Å². The number of nitrogens with zero attached hydrogens (tertiary/aromatic N) is 7. The van der Waals surface area contributed by atoms with E-state index in [4.69, 9.17) is 10.7 Å². The average molecular weight is 459 g/mol. The second-order valence-corrected chi connectivity index (χ2v) is 9.77. The molecule has 2 N–H and O–H groups in total. The van der Waals surface area contributed by atoms with E-state index in [0.29, 0.717) is 37.3 Å². The molecule has 4 rings (SSSR count). The minimum absolute atomic E-state index is 0.0829. The number of allylic oxidation sites excluding steroid dienone is 2. The van der Waals surface area contributed by atoms with E-state index < -0.39 is 0 Å². The summed E-state index contributed by atoms with van der Waals surface area (Å²) < 4.78 is 4.87. The normalized spacial score (nSPS) is 20.5. The molecule has 0 spiro atoms. The second-order valence-electron chi connectivity index (χ2n) is 9.77. The highest BCUT2D eigenvalue weighted by atomic mass is 16.2. The first-order valence-electron chi connectivity index (χ1n) is 12.0. The zero-order chi connectivity index (χ0) is 23.7. The number of piperidine rings is 1. The minimum Gasteiger partial charge on any atom is -0.341 e. The number of hydrogen-bond acceptors (Lipinski definition) is 7. The summed E-state index contributed by atoms with van der Waals surface area (Å²) in [6.45, 7) is 11.1. The fraction of sp³-hybridized carbons (Fsp3) is 0.696. The van der Waals surface area contributed by atoms with Crippen LogP contribution in [0, 0.1) is 0 Å². The summed E-state index contributed by atoms with van der Waals surface area (Å²) in [4.78, 5) is 38.4. The van der Waals surface area contributed by atoms with E-state index in [0.717, 1.165) is 51.5 Å². The maximum absolute atomic E-state index is 13.7. The van der Waals surface area contributed by atoms with Crippen LogP contribution < -0.4 is 21.9 Å². The quantitative estimate of drug-likeness (QED) is 0.611. The summed E-state index contributed by atoms with van der Waals surface area (Å²) in [5.74, 6) is 0.724. The summed E-state index contributed by atoms with van der Waals surface area (Å²) >= 11 is 0. The molecular weight excluding hydrogens is 420 g/mol. The lowest BCUT2D eigenvalue weighted by Crippen LogP contribution is -2.47. The molecule has 2 aliphatic heterocycles. The third kappa shape index (κ3) is 4.92. The molecule has 1 unspecified atom stereocenters. The molecule has 0 aliphatic carbocycles. The number of anilines is 1. The average Bonchev–Trinajstić information content (AvgIpc) is 3.17. The summed E-state index contributed by atoms with van der Waals surface area (Å²) in [5, 5.41) is 0. The van der Waals surface area contributed by atoms with E-state index >= 15 is 0 Å². The van der Waals surface area contributed by atoms with Crippen LogP contribution >= 0.6 is 0 Å². The Balaban J connectivity index is 1.76. The zero-order valence-corrected chi connectivity index (χ0v) is 20.5. The first-order valence-corrected chi connectivity index (χ1v) is 12.0. The molecule has 10 nitrogen and oxygen atoms in total. The Hall–Kier alpha value is -2.43. The van der Waals surface area contributed by atoms with Crippen molar-refractivity contribution in [3.05, 3.63) is 32.5 Å². The van der Waals surface area contributed by atoms with Crippen LogP contribution in [-0.2, 0) is 20.1 Å². The molecule has 4 heterocycles. The predicted octanol–water partition coefficient (Wildman–Crippen LogP) is 0.0378. The fourth-order valence-electron chi connectivity index (χ4n) is 4.75. The highest BCUT2D eigenvalue weighted by molar-refractivity contribution is 5.74. The Bertz CT molecular complexity index is 1130. The molecular formula is C23H38N8O2. The highest BCUT2D eigenvalue weighted by Gasteiger charge is 2.26. The van der Waals surface area contributed by atoms with Crippen LogP contribution in [0.25, 0.3) is 11.2 Å². The van der Waals surface area contributed by atoms with Crippen LogP contribution in [0.4, 0.5) is 5.95 Å². The standard InChI is InChI=1S/C23H38N8O2/c1-17(2)7-9-30-19-20(25-22(30)29-8-5-6-18(24)16-29)27(4)23(33)31(21(19)32)15-14-28-12-10-26(3)11-13-28/h7,18H,5-6,8-16,24H2,1-4H3. The van der Waals surface area contributed by atoms with Gasteiger partial charge in [0.25, 0.3) is 5.56 Å². The van der Waals surface area contributed by atoms with Gasteiger partial charge in [-0.15, -0.1) is 0 Å². The van der Waals surface area contributed by atoms with Gasteiger partial charge in [0.05, 0.1) is 0 Å². The molecule has 0 bridgehead atoms. The summed E-state index contributed by atoms with van der Waals surface area (Å²) in [7, 11) is 3.83. The lowest BCUT2D eigenvalue weighted by Gasteiger charge is -2.32. The molecule has 1 atom stereocenters. The predicted molar refractivity (Wildman–Crippen MR) is 132 cm³/mol. The van der Waals surface area contributed by atoms with Gasteiger partial charge in [0, 0.05) is 72.0 Å². The number of rotatable bonds is 6. The van der Waals surface area contributed by atoms with Gasteiger partial charge in [-0.2, -0.15) is 4.98 Å². The molecule has 10 heteroatoms. The topological polar surface area (TPSA) is 97.6 Å². The Morgan fingerprint density at radius 1 is 1.06 bits per heavy atom. The van der Waals surface area contributed by atoms with Gasteiger partial charge in [0.2, 0.25) is 5.95 Å². The van der Waals surface area contributed by atoms with Crippen LogP contribution in [-0.4, -0.2) is 87.4 Å². The lowest BCUT2D eigenvalue weighted by atomic mass is 10.1. The van der Waals surface area contributed by atoms with Gasteiger partial charge in [-0.25, -0.2) is 4.79 Å². The van der Waals surface area contributed by atoms with E-state index in [-0.39, 0.29) is 17.3 Å². The number of fused-ring (bicyclic) bond motifs is 1. The summed E-state index contributed by atoms with van der Waals surface area (Å²) in [6.07, 6.45) is 4.07. The van der Waals surface area contributed by atoms with Gasteiger partial charge in [-0.05, 0) is 33.7 Å². The molecule has 2 fully saturated rings. The van der Waals surface area contributed by atoms with Crippen molar-refractivity contribution in [2.24, 2.45) is 12.8 Å². The van der Waals surface area contributed by atoms with Crippen LogP contribution in [0.5, 0.6) is 0 Å². The minimum atomic E-state index is -0.310. The number of nitrogens with two attached hydrogens (primary N) is 1. The molecule has 33 heavy (non-hydrogen) atoms. The number of piperazine rings is 1. The summed E-state index contributed by atoms with van der Waals surface area (Å²) in [6, 6.07) is 0.0829.